The minimum Gasteiger partial charge on any atom is -0.461 e. The highest BCUT2D eigenvalue weighted by atomic mass is 16.5. The van der Waals surface area contributed by atoms with Gasteiger partial charge in [0.2, 0.25) is 0 Å². The Morgan fingerprint density at radius 2 is 1.90 bits per heavy atom. The predicted octanol–water partition coefficient (Wildman–Crippen LogP) is 3.79. The molecule has 0 spiro atoms. The van der Waals surface area contributed by atoms with Gasteiger partial charge in [-0.05, 0) is 68.2 Å². The van der Waals surface area contributed by atoms with E-state index < -0.39 is 11.4 Å². The second-order valence-corrected chi connectivity index (χ2v) is 8.30. The molecule has 2 aliphatic carbocycles. The van der Waals surface area contributed by atoms with Crippen LogP contribution in [0.4, 0.5) is 0 Å². The van der Waals surface area contributed by atoms with Gasteiger partial charge in [0.25, 0.3) is 5.91 Å². The summed E-state index contributed by atoms with van der Waals surface area (Å²) in [7, 11) is 0. The molecule has 158 valence electrons. The third kappa shape index (κ3) is 5.67. The number of benzene rings is 1. The van der Waals surface area contributed by atoms with Crippen LogP contribution in [0.15, 0.2) is 24.3 Å². The Kier molecular flexibility index (Phi) is 7.45. The Labute approximate surface area is 172 Å². The maximum atomic E-state index is 13.1. The second-order valence-electron chi connectivity index (χ2n) is 8.30. The number of esters is 1. The van der Waals surface area contributed by atoms with Crippen molar-refractivity contribution in [3.05, 3.63) is 41.0 Å². The molecule has 3 rings (SSSR count). The number of hydroxylamine groups is 1. The average Bonchev–Trinajstić information content (AvgIpc) is 3.25. The largest absolute Gasteiger partial charge is 0.461 e. The van der Waals surface area contributed by atoms with Crippen LogP contribution in [0.25, 0.3) is 6.08 Å². The van der Waals surface area contributed by atoms with Crippen molar-refractivity contribution >= 4 is 18.0 Å². The number of carbonyl (C=O) groups is 2. The third-order valence-electron chi connectivity index (χ3n) is 6.19. The first-order chi connectivity index (χ1) is 14.0. The number of rotatable bonds is 7. The summed E-state index contributed by atoms with van der Waals surface area (Å²) in [5, 5.41) is 12.1. The Balaban J connectivity index is 1.66. The zero-order chi connectivity index (χ0) is 20.7. The molecular weight excluding hydrogens is 368 g/mol. The molecule has 1 aromatic carbocycles. The van der Waals surface area contributed by atoms with Crippen molar-refractivity contribution < 1.29 is 19.5 Å². The van der Waals surface area contributed by atoms with E-state index in [1.807, 2.05) is 25.1 Å². The topological polar surface area (TPSA) is 87.7 Å². The summed E-state index contributed by atoms with van der Waals surface area (Å²) < 4.78 is 5.89. The van der Waals surface area contributed by atoms with E-state index in [4.69, 9.17) is 9.94 Å². The van der Waals surface area contributed by atoms with Gasteiger partial charge in [0.1, 0.15) is 11.6 Å². The normalized spacial score (nSPS) is 19.4. The second kappa shape index (κ2) is 10.0. The number of hydrogen-bond donors (Lipinski definition) is 3. The van der Waals surface area contributed by atoms with Gasteiger partial charge in [-0.25, -0.2) is 5.48 Å². The molecule has 0 heterocycles. The van der Waals surface area contributed by atoms with Gasteiger partial charge in [-0.3, -0.25) is 20.1 Å². The maximum Gasteiger partial charge on any atom is 0.326 e. The zero-order valence-corrected chi connectivity index (χ0v) is 17.2. The van der Waals surface area contributed by atoms with Crippen molar-refractivity contribution in [3.8, 4) is 0 Å². The molecule has 0 unspecified atom stereocenters. The minimum atomic E-state index is -0.578. The fourth-order valence-electron chi connectivity index (χ4n) is 4.37. The molecule has 29 heavy (non-hydrogen) atoms. The molecule has 0 saturated heterocycles. The lowest BCUT2D eigenvalue weighted by Gasteiger charge is -2.37. The fourth-order valence-corrected chi connectivity index (χ4v) is 4.37. The Morgan fingerprint density at radius 3 is 2.55 bits per heavy atom. The number of carbonyl (C=O) groups excluding carboxylic acids is 2. The molecule has 1 amide bonds. The smallest absolute Gasteiger partial charge is 0.326 e. The van der Waals surface area contributed by atoms with E-state index >= 15 is 0 Å². The predicted molar refractivity (Wildman–Crippen MR) is 111 cm³/mol. The molecule has 0 aliphatic heterocycles. The van der Waals surface area contributed by atoms with Crippen molar-refractivity contribution in [2.45, 2.75) is 82.9 Å². The zero-order valence-electron chi connectivity index (χ0n) is 17.2. The van der Waals surface area contributed by atoms with Crippen molar-refractivity contribution in [2.24, 2.45) is 0 Å². The third-order valence-corrected chi connectivity index (χ3v) is 6.19. The molecule has 0 aromatic heterocycles. The average molecular weight is 401 g/mol. The van der Waals surface area contributed by atoms with Crippen LogP contribution < -0.4 is 10.8 Å². The van der Waals surface area contributed by atoms with Crippen molar-refractivity contribution in [2.75, 3.05) is 0 Å². The van der Waals surface area contributed by atoms with Crippen molar-refractivity contribution in [1.82, 2.24) is 10.8 Å². The van der Waals surface area contributed by atoms with Gasteiger partial charge in [-0.1, -0.05) is 37.5 Å². The van der Waals surface area contributed by atoms with Crippen LogP contribution in [-0.4, -0.2) is 28.7 Å². The first-order valence-corrected chi connectivity index (χ1v) is 10.7. The molecule has 2 aliphatic rings. The summed E-state index contributed by atoms with van der Waals surface area (Å²) in [5.41, 5.74) is 4.08. The molecular formula is C23H32N2O4. The molecule has 0 radical (unpaired) electrons. The van der Waals surface area contributed by atoms with Crippen LogP contribution in [0.3, 0.4) is 0 Å². The Hall–Kier alpha value is -2.18. The van der Waals surface area contributed by atoms with E-state index in [2.05, 4.69) is 5.32 Å². The minimum absolute atomic E-state index is 0.0728. The Morgan fingerprint density at radius 1 is 1.17 bits per heavy atom. The van der Waals surface area contributed by atoms with Crippen LogP contribution in [0.1, 0.15) is 74.5 Å². The summed E-state index contributed by atoms with van der Waals surface area (Å²) in [6, 6.07) is 5.93. The monoisotopic (exact) mass is 400 g/mol. The first-order valence-electron chi connectivity index (χ1n) is 10.7. The summed E-state index contributed by atoms with van der Waals surface area (Å²) in [4.78, 5) is 24.2. The maximum absolute atomic E-state index is 13.1. The number of amides is 1. The lowest BCUT2D eigenvalue weighted by molar-refractivity contribution is -0.158. The van der Waals surface area contributed by atoms with Gasteiger partial charge in [-0.2, -0.15) is 0 Å². The SMILES string of the molecule is Cc1cc(/C=C/C(=O)NO)ccc1CNC1(C(=O)OC2CCCC2)CCCCC1. The standard InChI is InChI=1S/C23H32N2O4/c1-17-15-18(10-12-21(26)25-28)9-11-19(17)16-24-23(13-5-2-6-14-23)22(27)29-20-7-3-4-8-20/h9-12,15,20,24,28H,2-8,13-14,16H2,1H3,(H,25,26)/b12-10+. The van der Waals surface area contributed by atoms with Gasteiger partial charge >= 0.3 is 5.97 Å². The van der Waals surface area contributed by atoms with E-state index in [1.165, 1.54) is 12.5 Å². The van der Waals surface area contributed by atoms with Crippen LogP contribution in [-0.2, 0) is 20.9 Å². The summed E-state index contributed by atoms with van der Waals surface area (Å²) in [6.07, 6.45) is 12.2. The van der Waals surface area contributed by atoms with Crippen LogP contribution in [0.2, 0.25) is 0 Å². The van der Waals surface area contributed by atoms with Gasteiger partial charge in [0, 0.05) is 12.6 Å². The van der Waals surface area contributed by atoms with Gasteiger partial charge in [0.15, 0.2) is 0 Å². The lowest BCUT2D eigenvalue weighted by Crippen LogP contribution is -2.54. The molecule has 2 fully saturated rings. The molecule has 6 nitrogen and oxygen atoms in total. The molecule has 2 saturated carbocycles. The van der Waals surface area contributed by atoms with E-state index in [0.717, 1.165) is 68.1 Å². The fraction of sp³-hybridized carbons (Fsp3) is 0.565. The van der Waals surface area contributed by atoms with E-state index in [-0.39, 0.29) is 12.1 Å². The highest BCUT2D eigenvalue weighted by Gasteiger charge is 2.41. The van der Waals surface area contributed by atoms with E-state index in [0.29, 0.717) is 6.54 Å². The van der Waals surface area contributed by atoms with Crippen LogP contribution >= 0.6 is 0 Å². The quantitative estimate of drug-likeness (QED) is 0.280. The highest BCUT2D eigenvalue weighted by Crippen LogP contribution is 2.32. The Bertz CT molecular complexity index is 747. The number of nitrogens with one attached hydrogen (secondary N) is 2. The van der Waals surface area contributed by atoms with Crippen LogP contribution in [0, 0.1) is 6.92 Å². The van der Waals surface area contributed by atoms with Gasteiger partial charge < -0.3 is 4.74 Å². The molecule has 6 heteroatoms. The van der Waals surface area contributed by atoms with Gasteiger partial charge in [0.05, 0.1) is 0 Å². The van der Waals surface area contributed by atoms with Crippen molar-refractivity contribution in [1.29, 1.82) is 0 Å². The first kappa shape index (κ1) is 21.5. The molecule has 3 N–H and O–H groups in total. The molecule has 0 atom stereocenters. The number of hydrogen-bond acceptors (Lipinski definition) is 5. The highest BCUT2D eigenvalue weighted by molar-refractivity contribution is 5.90. The van der Waals surface area contributed by atoms with E-state index in [1.54, 1.807) is 11.6 Å². The number of aryl methyl sites for hydroxylation is 1. The number of ether oxygens (including phenoxy) is 1. The summed E-state index contributed by atoms with van der Waals surface area (Å²) in [6.45, 7) is 2.62. The van der Waals surface area contributed by atoms with Crippen molar-refractivity contribution in [3.63, 3.8) is 0 Å². The van der Waals surface area contributed by atoms with Crippen LogP contribution in [0.5, 0.6) is 0 Å². The summed E-state index contributed by atoms with van der Waals surface area (Å²) >= 11 is 0. The molecule has 0 bridgehead atoms. The lowest BCUT2D eigenvalue weighted by atomic mass is 9.81. The van der Waals surface area contributed by atoms with E-state index in [9.17, 15) is 9.59 Å². The molecule has 1 aromatic rings. The summed E-state index contributed by atoms with van der Waals surface area (Å²) in [5.74, 6) is -0.635. The van der Waals surface area contributed by atoms with Gasteiger partial charge in [-0.15, -0.1) is 0 Å².